The van der Waals surface area contributed by atoms with Crippen LogP contribution in [0.25, 0.3) is 11.1 Å². The summed E-state index contributed by atoms with van der Waals surface area (Å²) >= 11 is 1.52. The van der Waals surface area contributed by atoms with Crippen molar-refractivity contribution < 1.29 is 20.1 Å². The number of hydrogen-bond donors (Lipinski definition) is 3. The molecule has 0 fully saturated rings. The number of likely N-dealkylation sites (N-methyl/N-ethyl adjacent to an activating group) is 1. The molecule has 0 saturated carbocycles. The van der Waals surface area contributed by atoms with E-state index in [1.807, 2.05) is 12.1 Å². The number of carboxylic acid groups (broad SMARTS) is 1. The molecule has 0 saturated heterocycles. The first kappa shape index (κ1) is 17.2. The molecule has 2 aromatic carbocycles. The molecule has 0 spiro atoms. The monoisotopic (exact) mass is 371 g/mol. The number of aliphatic carboxylic acids is 1. The number of hydrogen-bond acceptors (Lipinski definition) is 5. The maximum absolute atomic E-state index is 10.8. The molecule has 4 rings (SSSR count). The lowest BCUT2D eigenvalue weighted by molar-refractivity contribution is -0.136. The Hall–Kier alpha value is -2.18. The Morgan fingerprint density at radius 1 is 1.27 bits per heavy atom. The van der Waals surface area contributed by atoms with Crippen LogP contribution in [0.2, 0.25) is 0 Å². The molecule has 0 unspecified atom stereocenters. The lowest BCUT2D eigenvalue weighted by Gasteiger charge is -2.40. The molecular formula is C20H21NO4S. The number of nitrogens with zero attached hydrogens (tertiary/aromatic N) is 1. The minimum Gasteiger partial charge on any atom is -0.504 e. The van der Waals surface area contributed by atoms with Crippen molar-refractivity contribution in [1.29, 1.82) is 0 Å². The number of thioether (sulfide) groups is 1. The highest BCUT2D eigenvalue weighted by atomic mass is 32.2. The fraction of sp³-hybridized carbons (Fsp3) is 0.350. The highest BCUT2D eigenvalue weighted by molar-refractivity contribution is 7.99. The molecule has 3 N–H and O–H groups in total. The van der Waals surface area contributed by atoms with E-state index in [1.165, 1.54) is 22.9 Å². The van der Waals surface area contributed by atoms with Gasteiger partial charge >= 0.3 is 5.97 Å². The van der Waals surface area contributed by atoms with E-state index in [0.717, 1.165) is 35.4 Å². The van der Waals surface area contributed by atoms with Crippen LogP contribution >= 0.6 is 11.8 Å². The Morgan fingerprint density at radius 3 is 2.85 bits per heavy atom. The lowest BCUT2D eigenvalue weighted by Crippen LogP contribution is -2.35. The zero-order chi connectivity index (χ0) is 18.4. The fourth-order valence-electron chi connectivity index (χ4n) is 4.06. The van der Waals surface area contributed by atoms with Gasteiger partial charge in [-0.3, -0.25) is 9.69 Å². The van der Waals surface area contributed by atoms with E-state index < -0.39 is 5.97 Å². The third-order valence-corrected chi connectivity index (χ3v) is 6.33. The summed E-state index contributed by atoms with van der Waals surface area (Å²) in [5.74, 6) is -0.463. The van der Waals surface area contributed by atoms with Crippen LogP contribution in [0.3, 0.4) is 0 Å². The Kier molecular flexibility index (Phi) is 4.32. The van der Waals surface area contributed by atoms with Crippen LogP contribution in [0.1, 0.15) is 29.2 Å². The van der Waals surface area contributed by atoms with Gasteiger partial charge in [-0.2, -0.15) is 0 Å². The highest BCUT2D eigenvalue weighted by Crippen LogP contribution is 2.51. The zero-order valence-electron chi connectivity index (χ0n) is 14.5. The van der Waals surface area contributed by atoms with E-state index in [4.69, 9.17) is 5.11 Å². The summed E-state index contributed by atoms with van der Waals surface area (Å²) in [5.41, 5.74) is 5.21. The first-order chi connectivity index (χ1) is 12.5. The summed E-state index contributed by atoms with van der Waals surface area (Å²) in [6, 6.07) is 7.90. The van der Waals surface area contributed by atoms with Crippen LogP contribution in [-0.4, -0.2) is 45.5 Å². The molecular weight excluding hydrogens is 350 g/mol. The maximum Gasteiger partial charge on any atom is 0.304 e. The van der Waals surface area contributed by atoms with E-state index in [0.29, 0.717) is 11.3 Å². The minimum absolute atomic E-state index is 0.0657. The quantitative estimate of drug-likeness (QED) is 0.564. The van der Waals surface area contributed by atoms with Crippen LogP contribution in [0.4, 0.5) is 0 Å². The van der Waals surface area contributed by atoms with Gasteiger partial charge in [0, 0.05) is 28.8 Å². The molecule has 2 aliphatic rings. The summed E-state index contributed by atoms with van der Waals surface area (Å²) in [6.45, 7) is 0.972. The number of phenolic OH excluding ortho intramolecular Hbond substituents is 2. The van der Waals surface area contributed by atoms with Crippen LogP contribution in [0, 0.1) is 0 Å². The predicted molar refractivity (Wildman–Crippen MR) is 101 cm³/mol. The van der Waals surface area contributed by atoms with Crippen molar-refractivity contribution in [3.8, 4) is 22.6 Å². The van der Waals surface area contributed by atoms with Crippen molar-refractivity contribution in [3.63, 3.8) is 0 Å². The van der Waals surface area contributed by atoms with Gasteiger partial charge in [-0.15, -0.1) is 11.8 Å². The third kappa shape index (κ3) is 2.83. The summed E-state index contributed by atoms with van der Waals surface area (Å²) in [7, 11) is 2.12. The number of carboxylic acids is 1. The minimum atomic E-state index is -0.800. The molecule has 136 valence electrons. The Bertz CT molecular complexity index is 896. The second-order valence-electron chi connectivity index (χ2n) is 6.95. The van der Waals surface area contributed by atoms with E-state index in [2.05, 4.69) is 18.0 Å². The molecule has 1 atom stereocenters. The number of fused-ring (bicyclic) bond motifs is 2. The highest BCUT2D eigenvalue weighted by Gasteiger charge is 2.34. The smallest absolute Gasteiger partial charge is 0.304 e. The van der Waals surface area contributed by atoms with Crippen LogP contribution < -0.4 is 0 Å². The molecule has 6 heteroatoms. The third-order valence-electron chi connectivity index (χ3n) is 5.35. The van der Waals surface area contributed by atoms with Crippen molar-refractivity contribution in [3.05, 3.63) is 41.0 Å². The second kappa shape index (κ2) is 6.52. The van der Waals surface area contributed by atoms with Crippen LogP contribution in [0.5, 0.6) is 11.5 Å². The first-order valence-electron chi connectivity index (χ1n) is 8.71. The second-order valence-corrected chi connectivity index (χ2v) is 8.12. The number of phenols is 2. The lowest BCUT2D eigenvalue weighted by atomic mass is 9.77. The van der Waals surface area contributed by atoms with Gasteiger partial charge in [0.05, 0.1) is 6.42 Å². The van der Waals surface area contributed by atoms with E-state index in [9.17, 15) is 15.0 Å². The van der Waals surface area contributed by atoms with Crippen molar-refractivity contribution >= 4 is 17.7 Å². The molecule has 0 radical (unpaired) electrons. The van der Waals surface area contributed by atoms with Crippen molar-refractivity contribution in [2.45, 2.75) is 30.2 Å². The zero-order valence-corrected chi connectivity index (χ0v) is 15.3. The van der Waals surface area contributed by atoms with Crippen molar-refractivity contribution in [2.24, 2.45) is 0 Å². The number of benzene rings is 2. The standard InChI is InChI=1S/C20H21NO4S/c1-21-6-4-12-8-13(26-7-5-17(23)24)10-14-18(12)15(21)9-11-2-3-16(22)20(25)19(11)14/h2-3,8,10,15,22,25H,4-7,9H2,1H3,(H,23,24)/t15-/m1/s1. The average molecular weight is 371 g/mol. The summed E-state index contributed by atoms with van der Waals surface area (Å²) in [5, 5.41) is 29.4. The Morgan fingerprint density at radius 2 is 2.08 bits per heavy atom. The van der Waals surface area contributed by atoms with Crippen molar-refractivity contribution in [1.82, 2.24) is 4.90 Å². The average Bonchev–Trinajstić information content (AvgIpc) is 2.60. The van der Waals surface area contributed by atoms with Crippen molar-refractivity contribution in [2.75, 3.05) is 19.3 Å². The summed E-state index contributed by atoms with van der Waals surface area (Å²) in [6.07, 6.45) is 1.85. The Balaban J connectivity index is 1.85. The van der Waals surface area contributed by atoms with Gasteiger partial charge in [-0.05, 0) is 60.3 Å². The van der Waals surface area contributed by atoms with Gasteiger partial charge in [-0.1, -0.05) is 6.07 Å². The van der Waals surface area contributed by atoms with Gasteiger partial charge < -0.3 is 15.3 Å². The van der Waals surface area contributed by atoms with Gasteiger partial charge in [-0.25, -0.2) is 0 Å². The number of carbonyl (C=O) groups is 1. The Labute approximate surface area is 156 Å². The number of rotatable bonds is 4. The molecule has 2 aromatic rings. The molecule has 5 nitrogen and oxygen atoms in total. The summed E-state index contributed by atoms with van der Waals surface area (Å²) < 4.78 is 0. The van der Waals surface area contributed by atoms with Gasteiger partial charge in [0.1, 0.15) is 0 Å². The molecule has 1 aliphatic carbocycles. The van der Waals surface area contributed by atoms with Crippen LogP contribution in [0.15, 0.2) is 29.2 Å². The van der Waals surface area contributed by atoms with E-state index >= 15 is 0 Å². The van der Waals surface area contributed by atoms with Gasteiger partial charge in [0.25, 0.3) is 0 Å². The molecule has 0 aromatic heterocycles. The van der Waals surface area contributed by atoms with Gasteiger partial charge in [0.15, 0.2) is 11.5 Å². The largest absolute Gasteiger partial charge is 0.504 e. The maximum atomic E-state index is 10.8. The van der Waals surface area contributed by atoms with E-state index in [1.54, 1.807) is 6.07 Å². The summed E-state index contributed by atoms with van der Waals surface area (Å²) in [4.78, 5) is 14.2. The van der Waals surface area contributed by atoms with Crippen LogP contribution in [-0.2, 0) is 17.6 Å². The molecule has 1 aliphatic heterocycles. The van der Waals surface area contributed by atoms with E-state index in [-0.39, 0.29) is 24.0 Å². The first-order valence-corrected chi connectivity index (χ1v) is 9.70. The molecule has 1 heterocycles. The topological polar surface area (TPSA) is 81.0 Å². The molecule has 0 bridgehead atoms. The SMILES string of the molecule is CN1CCc2cc(SCCC(=O)O)cc3c2[C@H]1Cc1ccc(O)c(O)c1-3. The van der Waals surface area contributed by atoms with Gasteiger partial charge in [0.2, 0.25) is 0 Å². The fourth-order valence-corrected chi connectivity index (χ4v) is 5.00. The predicted octanol–water partition coefficient (Wildman–Crippen LogP) is 3.42. The molecule has 26 heavy (non-hydrogen) atoms. The molecule has 0 amide bonds. The normalized spacial score (nSPS) is 18.3. The number of aromatic hydroxyl groups is 2.